The maximum atomic E-state index is 12.1. The topological polar surface area (TPSA) is 51.8 Å². The Labute approximate surface area is 169 Å². The number of ether oxygens (including phenoxy) is 1. The van der Waals surface area contributed by atoms with Crippen molar-refractivity contribution in [1.29, 1.82) is 0 Å². The fraction of sp³-hybridized carbons (Fsp3) is 0. The fourth-order valence-electron chi connectivity index (χ4n) is 2.53. The number of nitrogens with zero attached hydrogens (tertiary/aromatic N) is 1. The first-order valence-corrected chi connectivity index (χ1v) is 8.97. The number of cyclic esters (lactones) is 1. The largest absolute Gasteiger partial charge is 0.457 e. The highest BCUT2D eigenvalue weighted by Crippen LogP contribution is 2.36. The van der Waals surface area contributed by atoms with Crippen LogP contribution in [-0.4, -0.2) is 11.9 Å². The van der Waals surface area contributed by atoms with Crippen molar-refractivity contribution in [3.8, 4) is 11.3 Å². The number of furan rings is 1. The molecule has 2 heterocycles. The smallest absolute Gasteiger partial charge is 0.363 e. The number of benzene rings is 2. The third-order valence-corrected chi connectivity index (χ3v) is 4.86. The number of halogens is 3. The molecule has 0 bridgehead atoms. The molecule has 0 unspecified atom stereocenters. The van der Waals surface area contributed by atoms with E-state index in [0.29, 0.717) is 32.2 Å². The minimum Gasteiger partial charge on any atom is -0.457 e. The lowest BCUT2D eigenvalue weighted by Gasteiger charge is -2.03. The van der Waals surface area contributed by atoms with E-state index in [2.05, 4.69) is 4.99 Å². The standard InChI is InChI=1S/C20H10Cl3NO3/c21-14-10-16(23)15(22)9-13(14)18-7-6-12(26-18)8-17-20(25)27-19(24-17)11-4-2-1-3-5-11/h1-10H/b17-8+. The normalized spacial score (nSPS) is 15.1. The molecule has 0 amide bonds. The van der Waals surface area contributed by atoms with Crippen molar-refractivity contribution in [3.63, 3.8) is 0 Å². The van der Waals surface area contributed by atoms with Crippen LogP contribution in [0.5, 0.6) is 0 Å². The van der Waals surface area contributed by atoms with E-state index in [1.165, 1.54) is 6.08 Å². The third kappa shape index (κ3) is 3.65. The molecule has 4 rings (SSSR count). The van der Waals surface area contributed by atoms with Crippen LogP contribution in [0, 0.1) is 0 Å². The van der Waals surface area contributed by atoms with Crippen molar-refractivity contribution in [3.05, 3.63) is 86.7 Å². The first kappa shape index (κ1) is 17.9. The Hall–Kier alpha value is -2.53. The second-order valence-corrected chi connectivity index (χ2v) is 6.87. The van der Waals surface area contributed by atoms with Crippen molar-refractivity contribution in [1.82, 2.24) is 0 Å². The van der Waals surface area contributed by atoms with Gasteiger partial charge in [0.1, 0.15) is 11.5 Å². The van der Waals surface area contributed by atoms with Gasteiger partial charge in [0.2, 0.25) is 5.90 Å². The van der Waals surface area contributed by atoms with Crippen LogP contribution in [0.2, 0.25) is 15.1 Å². The number of esters is 1. The van der Waals surface area contributed by atoms with Gasteiger partial charge in [0.25, 0.3) is 0 Å². The van der Waals surface area contributed by atoms with Crippen LogP contribution in [0.15, 0.2) is 69.7 Å². The lowest BCUT2D eigenvalue weighted by atomic mass is 10.2. The highest BCUT2D eigenvalue weighted by molar-refractivity contribution is 6.44. The summed E-state index contributed by atoms with van der Waals surface area (Å²) in [5.41, 5.74) is 1.46. The van der Waals surface area contributed by atoms with Gasteiger partial charge in [-0.1, -0.05) is 53.0 Å². The molecule has 0 fully saturated rings. The molecule has 0 atom stereocenters. The Morgan fingerprint density at radius 3 is 2.41 bits per heavy atom. The highest BCUT2D eigenvalue weighted by atomic mass is 35.5. The minimum atomic E-state index is -0.542. The van der Waals surface area contributed by atoms with Gasteiger partial charge in [-0.3, -0.25) is 0 Å². The van der Waals surface area contributed by atoms with E-state index >= 15 is 0 Å². The summed E-state index contributed by atoms with van der Waals surface area (Å²) >= 11 is 18.2. The summed E-state index contributed by atoms with van der Waals surface area (Å²) in [5, 5.41) is 1.13. The van der Waals surface area contributed by atoms with Gasteiger partial charge in [-0.2, -0.15) is 0 Å². The maximum absolute atomic E-state index is 12.1. The highest BCUT2D eigenvalue weighted by Gasteiger charge is 2.24. The summed E-state index contributed by atoms with van der Waals surface area (Å²) in [6.45, 7) is 0. The molecule has 2 aromatic carbocycles. The summed E-state index contributed by atoms with van der Waals surface area (Å²) in [5.74, 6) is 0.631. The molecule has 0 N–H and O–H groups in total. The van der Waals surface area contributed by atoms with Crippen molar-refractivity contribution in [2.24, 2.45) is 4.99 Å². The Bertz CT molecular complexity index is 1100. The lowest BCUT2D eigenvalue weighted by molar-refractivity contribution is -0.129. The molecule has 0 saturated carbocycles. The van der Waals surface area contributed by atoms with Crippen molar-refractivity contribution in [2.75, 3.05) is 0 Å². The average molecular weight is 419 g/mol. The molecule has 0 saturated heterocycles. The van der Waals surface area contributed by atoms with Crippen LogP contribution < -0.4 is 0 Å². The summed E-state index contributed by atoms with van der Waals surface area (Å²) in [6.07, 6.45) is 1.51. The van der Waals surface area contributed by atoms with Crippen LogP contribution in [0.3, 0.4) is 0 Å². The molecule has 1 aliphatic heterocycles. The van der Waals surface area contributed by atoms with Crippen LogP contribution in [0.4, 0.5) is 0 Å². The predicted octanol–water partition coefficient (Wildman–Crippen LogP) is 6.25. The Morgan fingerprint density at radius 2 is 1.63 bits per heavy atom. The van der Waals surface area contributed by atoms with Gasteiger partial charge in [0.15, 0.2) is 5.70 Å². The van der Waals surface area contributed by atoms with E-state index in [1.54, 1.807) is 24.3 Å². The molecule has 0 radical (unpaired) electrons. The first-order valence-electron chi connectivity index (χ1n) is 7.84. The van der Waals surface area contributed by atoms with E-state index in [-0.39, 0.29) is 11.6 Å². The van der Waals surface area contributed by atoms with Crippen molar-refractivity contribution < 1.29 is 13.9 Å². The van der Waals surface area contributed by atoms with Gasteiger partial charge in [-0.05, 0) is 36.4 Å². The SMILES string of the molecule is O=C1OC(c2ccccc2)=N/C1=C/c1ccc(-c2cc(Cl)c(Cl)cc2Cl)o1. The summed E-state index contributed by atoms with van der Waals surface area (Å²) in [4.78, 5) is 16.3. The lowest BCUT2D eigenvalue weighted by Crippen LogP contribution is -2.04. The van der Waals surface area contributed by atoms with E-state index in [9.17, 15) is 4.79 Å². The monoisotopic (exact) mass is 417 g/mol. The van der Waals surface area contributed by atoms with Gasteiger partial charge >= 0.3 is 5.97 Å². The molecule has 1 aliphatic rings. The van der Waals surface area contributed by atoms with E-state index in [0.717, 1.165) is 5.56 Å². The molecule has 4 nitrogen and oxygen atoms in total. The molecule has 7 heteroatoms. The number of hydrogen-bond acceptors (Lipinski definition) is 4. The Morgan fingerprint density at radius 1 is 0.889 bits per heavy atom. The summed E-state index contributed by atoms with van der Waals surface area (Å²) < 4.78 is 11.0. The molecule has 0 aliphatic carbocycles. The average Bonchev–Trinajstić information content (AvgIpc) is 3.26. The second kappa shape index (κ2) is 7.24. The number of carbonyl (C=O) groups excluding carboxylic acids is 1. The molecular formula is C20H10Cl3NO3. The zero-order valence-corrected chi connectivity index (χ0v) is 15.8. The van der Waals surface area contributed by atoms with Crippen molar-refractivity contribution >= 4 is 52.7 Å². The van der Waals surface area contributed by atoms with E-state index < -0.39 is 5.97 Å². The van der Waals surface area contributed by atoms with Gasteiger partial charge in [0.05, 0.1) is 15.1 Å². The number of carbonyl (C=O) groups is 1. The first-order chi connectivity index (χ1) is 13.0. The van der Waals surface area contributed by atoms with E-state index in [1.807, 2.05) is 30.3 Å². The molecule has 3 aromatic rings. The fourth-order valence-corrected chi connectivity index (χ4v) is 3.17. The molecule has 134 valence electrons. The summed E-state index contributed by atoms with van der Waals surface area (Å²) in [7, 11) is 0. The van der Waals surface area contributed by atoms with Gasteiger partial charge in [-0.15, -0.1) is 0 Å². The number of hydrogen-bond donors (Lipinski definition) is 0. The van der Waals surface area contributed by atoms with Crippen LogP contribution in [0.25, 0.3) is 17.4 Å². The maximum Gasteiger partial charge on any atom is 0.363 e. The van der Waals surface area contributed by atoms with Crippen LogP contribution in [-0.2, 0) is 9.53 Å². The van der Waals surface area contributed by atoms with Gasteiger partial charge in [0, 0.05) is 17.2 Å². The van der Waals surface area contributed by atoms with Gasteiger partial charge < -0.3 is 9.15 Å². The van der Waals surface area contributed by atoms with Crippen LogP contribution in [0.1, 0.15) is 11.3 Å². The zero-order valence-electron chi connectivity index (χ0n) is 13.6. The van der Waals surface area contributed by atoms with E-state index in [4.69, 9.17) is 44.0 Å². The Kier molecular flexibility index (Phi) is 4.79. The van der Waals surface area contributed by atoms with Crippen LogP contribution >= 0.6 is 34.8 Å². The van der Waals surface area contributed by atoms with Gasteiger partial charge in [-0.25, -0.2) is 9.79 Å². The molecule has 27 heavy (non-hydrogen) atoms. The predicted molar refractivity (Wildman–Crippen MR) is 106 cm³/mol. The molecular weight excluding hydrogens is 409 g/mol. The zero-order chi connectivity index (χ0) is 19.0. The minimum absolute atomic E-state index is 0.148. The second-order valence-electron chi connectivity index (χ2n) is 5.65. The quantitative estimate of drug-likeness (QED) is 0.287. The number of aliphatic imine (C=N–C) groups is 1. The summed E-state index contributed by atoms with van der Waals surface area (Å²) in [6, 6.07) is 15.8. The molecule has 0 spiro atoms. The van der Waals surface area contributed by atoms with Crippen molar-refractivity contribution in [2.45, 2.75) is 0 Å². The third-order valence-electron chi connectivity index (χ3n) is 3.82. The Balaban J connectivity index is 1.65. The number of rotatable bonds is 3. The molecule has 1 aromatic heterocycles.